The minimum atomic E-state index is -0.0762. The van der Waals surface area contributed by atoms with Crippen molar-refractivity contribution < 1.29 is 4.79 Å². The minimum absolute atomic E-state index is 0. The molecule has 0 aliphatic heterocycles. The molecule has 0 radical (unpaired) electrons. The second-order valence-corrected chi connectivity index (χ2v) is 4.51. The fourth-order valence-electron chi connectivity index (χ4n) is 1.92. The highest BCUT2D eigenvalue weighted by Gasteiger charge is 2.14. The maximum Gasteiger partial charge on any atom is 0.241 e. The maximum atomic E-state index is 12.0. The average Bonchev–Trinajstić information content (AvgIpc) is 2.46. The quantitative estimate of drug-likeness (QED) is 0.941. The molecule has 0 heterocycles. The molecule has 0 saturated carbocycles. The van der Waals surface area contributed by atoms with Crippen LogP contribution in [0, 0.1) is 6.92 Å². The Morgan fingerprint density at radius 3 is 2.20 bits per heavy atom. The van der Waals surface area contributed by atoms with Gasteiger partial charge in [-0.3, -0.25) is 4.79 Å². The summed E-state index contributed by atoms with van der Waals surface area (Å²) in [7, 11) is 0. The molecule has 106 valence electrons. The molecule has 20 heavy (non-hydrogen) atoms. The van der Waals surface area contributed by atoms with E-state index in [1.165, 1.54) is 5.56 Å². The molecule has 0 spiro atoms. The summed E-state index contributed by atoms with van der Waals surface area (Å²) in [5.41, 5.74) is 8.64. The van der Waals surface area contributed by atoms with Gasteiger partial charge in [0.2, 0.25) is 5.91 Å². The third-order valence-electron chi connectivity index (χ3n) is 3.00. The second kappa shape index (κ2) is 7.68. The van der Waals surface area contributed by atoms with Crippen LogP contribution in [0.2, 0.25) is 0 Å². The number of hydrogen-bond acceptors (Lipinski definition) is 2. The molecule has 0 fully saturated rings. The van der Waals surface area contributed by atoms with Crippen LogP contribution in [0.25, 0.3) is 0 Å². The lowest BCUT2D eigenvalue weighted by atomic mass is 10.1. The number of carbonyl (C=O) groups is 1. The van der Waals surface area contributed by atoms with Gasteiger partial charge in [-0.05, 0) is 24.6 Å². The van der Waals surface area contributed by atoms with Crippen molar-refractivity contribution in [3.05, 3.63) is 65.7 Å². The Bertz CT molecular complexity index is 540. The van der Waals surface area contributed by atoms with Crippen molar-refractivity contribution in [2.75, 3.05) is 11.4 Å². The van der Waals surface area contributed by atoms with Gasteiger partial charge >= 0.3 is 0 Å². The first-order valence-electron chi connectivity index (χ1n) is 6.31. The molecule has 4 heteroatoms. The normalized spacial score (nSPS) is 9.70. The zero-order chi connectivity index (χ0) is 13.7. The molecule has 0 unspecified atom stereocenters. The lowest BCUT2D eigenvalue weighted by molar-refractivity contribution is -0.117. The van der Waals surface area contributed by atoms with Gasteiger partial charge in [0, 0.05) is 5.69 Å². The van der Waals surface area contributed by atoms with Gasteiger partial charge < -0.3 is 10.6 Å². The Hall–Kier alpha value is -1.84. The largest absolute Gasteiger partial charge is 0.322 e. The average molecular weight is 291 g/mol. The van der Waals surface area contributed by atoms with Gasteiger partial charge in [-0.2, -0.15) is 0 Å². The number of hydrogen-bond donors (Lipinski definition) is 1. The number of anilines is 1. The fourth-order valence-corrected chi connectivity index (χ4v) is 1.92. The number of rotatable bonds is 4. The Morgan fingerprint density at radius 2 is 1.65 bits per heavy atom. The Morgan fingerprint density at radius 1 is 1.05 bits per heavy atom. The van der Waals surface area contributed by atoms with E-state index >= 15 is 0 Å². The van der Waals surface area contributed by atoms with E-state index in [0.29, 0.717) is 6.54 Å². The van der Waals surface area contributed by atoms with Crippen molar-refractivity contribution in [1.82, 2.24) is 0 Å². The first-order valence-corrected chi connectivity index (χ1v) is 6.31. The Balaban J connectivity index is 0.00000200. The predicted molar refractivity (Wildman–Crippen MR) is 85.1 cm³/mol. The SMILES string of the molecule is Cc1ccc(N(Cc2ccccc2)C(=O)CN)cc1.Cl. The number of nitrogens with two attached hydrogens (primary N) is 1. The highest BCUT2D eigenvalue weighted by Crippen LogP contribution is 2.18. The summed E-state index contributed by atoms with van der Waals surface area (Å²) in [5.74, 6) is -0.0762. The standard InChI is InChI=1S/C16H18N2O.ClH/c1-13-7-9-15(10-8-13)18(16(19)11-17)12-14-5-3-2-4-6-14;/h2-10H,11-12,17H2,1H3;1H. The van der Waals surface area contributed by atoms with Gasteiger partial charge in [-0.1, -0.05) is 48.0 Å². The summed E-state index contributed by atoms with van der Waals surface area (Å²) in [4.78, 5) is 13.7. The fraction of sp³-hybridized carbons (Fsp3) is 0.188. The predicted octanol–water partition coefficient (Wildman–Crippen LogP) is 2.91. The van der Waals surface area contributed by atoms with E-state index in [9.17, 15) is 4.79 Å². The first-order chi connectivity index (χ1) is 9.20. The zero-order valence-corrected chi connectivity index (χ0v) is 12.3. The lowest BCUT2D eigenvalue weighted by Gasteiger charge is -2.22. The Labute approximate surface area is 125 Å². The molecule has 0 atom stereocenters. The van der Waals surface area contributed by atoms with Gasteiger partial charge in [0.05, 0.1) is 13.1 Å². The monoisotopic (exact) mass is 290 g/mol. The molecule has 2 aromatic carbocycles. The maximum absolute atomic E-state index is 12.0. The van der Waals surface area contributed by atoms with Crippen molar-refractivity contribution in [3.8, 4) is 0 Å². The van der Waals surface area contributed by atoms with Crippen LogP contribution in [0.15, 0.2) is 54.6 Å². The first kappa shape index (κ1) is 16.2. The summed E-state index contributed by atoms with van der Waals surface area (Å²) in [6.07, 6.45) is 0. The van der Waals surface area contributed by atoms with Crippen molar-refractivity contribution in [1.29, 1.82) is 0 Å². The van der Waals surface area contributed by atoms with Gasteiger partial charge in [0.15, 0.2) is 0 Å². The zero-order valence-electron chi connectivity index (χ0n) is 11.5. The van der Waals surface area contributed by atoms with Crippen molar-refractivity contribution in [2.45, 2.75) is 13.5 Å². The summed E-state index contributed by atoms with van der Waals surface area (Å²) in [5, 5.41) is 0. The lowest BCUT2D eigenvalue weighted by Crippen LogP contribution is -2.35. The number of amides is 1. The molecule has 0 aliphatic carbocycles. The number of halogens is 1. The topological polar surface area (TPSA) is 46.3 Å². The van der Waals surface area contributed by atoms with E-state index in [1.54, 1.807) is 4.90 Å². The third kappa shape index (κ3) is 4.08. The van der Waals surface area contributed by atoms with E-state index in [-0.39, 0.29) is 24.9 Å². The van der Waals surface area contributed by atoms with E-state index in [2.05, 4.69) is 0 Å². The van der Waals surface area contributed by atoms with Crippen molar-refractivity contribution in [3.63, 3.8) is 0 Å². The van der Waals surface area contributed by atoms with Crippen LogP contribution < -0.4 is 10.6 Å². The molecule has 0 aromatic heterocycles. The second-order valence-electron chi connectivity index (χ2n) is 4.51. The number of aryl methyl sites for hydroxylation is 1. The van der Waals surface area contributed by atoms with Crippen LogP contribution in [-0.2, 0) is 11.3 Å². The molecular weight excluding hydrogens is 272 g/mol. The van der Waals surface area contributed by atoms with Crippen LogP contribution >= 0.6 is 12.4 Å². The van der Waals surface area contributed by atoms with Crippen LogP contribution in [-0.4, -0.2) is 12.5 Å². The molecule has 0 bridgehead atoms. The number of nitrogens with zero attached hydrogens (tertiary/aromatic N) is 1. The minimum Gasteiger partial charge on any atom is -0.322 e. The van der Waals surface area contributed by atoms with Crippen LogP contribution in [0.1, 0.15) is 11.1 Å². The van der Waals surface area contributed by atoms with E-state index in [0.717, 1.165) is 11.3 Å². The van der Waals surface area contributed by atoms with Gasteiger partial charge in [-0.25, -0.2) is 0 Å². The van der Waals surface area contributed by atoms with Crippen LogP contribution in [0.4, 0.5) is 5.69 Å². The molecular formula is C16H19ClN2O. The Kier molecular flexibility index (Phi) is 6.22. The summed E-state index contributed by atoms with van der Waals surface area (Å²) in [6, 6.07) is 17.8. The molecule has 2 rings (SSSR count). The van der Waals surface area contributed by atoms with Crippen LogP contribution in [0.3, 0.4) is 0 Å². The summed E-state index contributed by atoms with van der Waals surface area (Å²) in [6.45, 7) is 2.58. The third-order valence-corrected chi connectivity index (χ3v) is 3.00. The molecule has 2 N–H and O–H groups in total. The highest BCUT2D eigenvalue weighted by atomic mass is 35.5. The van der Waals surface area contributed by atoms with E-state index in [4.69, 9.17) is 5.73 Å². The van der Waals surface area contributed by atoms with Crippen molar-refractivity contribution in [2.24, 2.45) is 5.73 Å². The summed E-state index contributed by atoms with van der Waals surface area (Å²) >= 11 is 0. The molecule has 3 nitrogen and oxygen atoms in total. The summed E-state index contributed by atoms with van der Waals surface area (Å²) < 4.78 is 0. The van der Waals surface area contributed by atoms with E-state index < -0.39 is 0 Å². The van der Waals surface area contributed by atoms with Gasteiger partial charge in [-0.15, -0.1) is 12.4 Å². The highest BCUT2D eigenvalue weighted by molar-refractivity contribution is 5.94. The van der Waals surface area contributed by atoms with Crippen molar-refractivity contribution >= 4 is 24.0 Å². The smallest absolute Gasteiger partial charge is 0.241 e. The molecule has 0 saturated heterocycles. The van der Waals surface area contributed by atoms with Gasteiger partial charge in [0.25, 0.3) is 0 Å². The van der Waals surface area contributed by atoms with E-state index in [1.807, 2.05) is 61.5 Å². The van der Waals surface area contributed by atoms with Crippen LogP contribution in [0.5, 0.6) is 0 Å². The molecule has 0 aliphatic rings. The number of carbonyl (C=O) groups excluding carboxylic acids is 1. The van der Waals surface area contributed by atoms with Gasteiger partial charge in [0.1, 0.15) is 0 Å². The molecule has 1 amide bonds. The molecule has 2 aromatic rings. The number of benzene rings is 2.